The van der Waals surface area contributed by atoms with Crippen LogP contribution in [0.5, 0.6) is 0 Å². The van der Waals surface area contributed by atoms with Gasteiger partial charge < -0.3 is 5.32 Å². The summed E-state index contributed by atoms with van der Waals surface area (Å²) in [7, 11) is 0. The average molecular weight is 324 g/mol. The lowest BCUT2D eigenvalue weighted by molar-refractivity contribution is 0.297. The summed E-state index contributed by atoms with van der Waals surface area (Å²) in [5, 5.41) is 3.73. The van der Waals surface area contributed by atoms with Crippen LogP contribution < -0.4 is 5.32 Å². The van der Waals surface area contributed by atoms with E-state index < -0.39 is 0 Å². The van der Waals surface area contributed by atoms with E-state index in [0.29, 0.717) is 0 Å². The lowest BCUT2D eigenvalue weighted by Crippen LogP contribution is -2.31. The lowest BCUT2D eigenvalue weighted by Gasteiger charge is -2.26. The van der Waals surface area contributed by atoms with Gasteiger partial charge in [0.05, 0.1) is 0 Å². The van der Waals surface area contributed by atoms with Gasteiger partial charge in [0.1, 0.15) is 0 Å². The second-order valence-electron chi connectivity index (χ2n) is 5.81. The molecule has 1 N–H and O–H groups in total. The number of rotatable bonds is 8. The van der Waals surface area contributed by atoms with E-state index in [1.54, 1.807) is 0 Å². The van der Waals surface area contributed by atoms with Crippen LogP contribution in [0.25, 0.3) is 0 Å². The molecule has 1 fully saturated rings. The molecule has 2 rings (SSSR count). The quantitative estimate of drug-likeness (QED) is 0.724. The molecule has 1 aromatic rings. The molecule has 1 atom stereocenters. The van der Waals surface area contributed by atoms with E-state index in [1.807, 2.05) is 0 Å². The zero-order chi connectivity index (χ0) is 13.7. The van der Waals surface area contributed by atoms with Gasteiger partial charge in [-0.3, -0.25) is 0 Å². The molecule has 0 amide bonds. The molecule has 1 saturated carbocycles. The standard InChI is InChI=1S/C17H26BrN/c1-3-13(4-2)15(12-19-16-9-10-16)11-14-7-5-6-8-17(14)18/h5-8,13,15-16,19H,3-4,9-12H2,1-2H3. The summed E-state index contributed by atoms with van der Waals surface area (Å²) in [4.78, 5) is 0. The normalized spacial score (nSPS) is 16.8. The summed E-state index contributed by atoms with van der Waals surface area (Å²) >= 11 is 3.69. The molecule has 0 aliphatic heterocycles. The Bertz CT molecular complexity index is 383. The summed E-state index contributed by atoms with van der Waals surface area (Å²) < 4.78 is 1.26. The lowest BCUT2D eigenvalue weighted by atomic mass is 9.83. The molecule has 1 aliphatic carbocycles. The zero-order valence-corrected chi connectivity index (χ0v) is 13.7. The topological polar surface area (TPSA) is 12.0 Å². The Morgan fingerprint density at radius 2 is 1.84 bits per heavy atom. The van der Waals surface area contributed by atoms with Gasteiger partial charge in [-0.25, -0.2) is 0 Å². The van der Waals surface area contributed by atoms with Crippen molar-refractivity contribution in [1.29, 1.82) is 0 Å². The molecule has 19 heavy (non-hydrogen) atoms. The van der Waals surface area contributed by atoms with Crippen molar-refractivity contribution >= 4 is 15.9 Å². The fourth-order valence-corrected chi connectivity index (χ4v) is 3.36. The smallest absolute Gasteiger partial charge is 0.0207 e. The molecule has 0 saturated heterocycles. The summed E-state index contributed by atoms with van der Waals surface area (Å²) in [5.74, 6) is 1.59. The molecule has 0 aromatic heterocycles. The molecule has 0 bridgehead atoms. The van der Waals surface area contributed by atoms with Crippen LogP contribution >= 0.6 is 15.9 Å². The SMILES string of the molecule is CCC(CC)C(CNC1CC1)Cc1ccccc1Br. The van der Waals surface area contributed by atoms with Crippen LogP contribution in [-0.2, 0) is 6.42 Å². The zero-order valence-electron chi connectivity index (χ0n) is 12.2. The Morgan fingerprint density at radius 3 is 2.42 bits per heavy atom. The van der Waals surface area contributed by atoms with Crippen molar-refractivity contribution in [1.82, 2.24) is 5.32 Å². The van der Waals surface area contributed by atoms with Gasteiger partial charge in [0.15, 0.2) is 0 Å². The van der Waals surface area contributed by atoms with Gasteiger partial charge in [0, 0.05) is 10.5 Å². The Hall–Kier alpha value is -0.340. The first-order chi connectivity index (χ1) is 9.24. The van der Waals surface area contributed by atoms with Crippen LogP contribution in [0, 0.1) is 11.8 Å². The van der Waals surface area contributed by atoms with E-state index in [0.717, 1.165) is 17.9 Å². The van der Waals surface area contributed by atoms with Crippen molar-refractivity contribution in [2.24, 2.45) is 11.8 Å². The Morgan fingerprint density at radius 1 is 1.16 bits per heavy atom. The number of hydrogen-bond acceptors (Lipinski definition) is 1. The van der Waals surface area contributed by atoms with E-state index in [-0.39, 0.29) is 0 Å². The average Bonchev–Trinajstić information content (AvgIpc) is 3.23. The van der Waals surface area contributed by atoms with Gasteiger partial charge in [-0.05, 0) is 49.3 Å². The minimum Gasteiger partial charge on any atom is -0.314 e. The first-order valence-electron chi connectivity index (χ1n) is 7.71. The summed E-state index contributed by atoms with van der Waals surface area (Å²) in [6.07, 6.45) is 6.53. The first-order valence-corrected chi connectivity index (χ1v) is 8.50. The number of benzene rings is 1. The van der Waals surface area contributed by atoms with E-state index >= 15 is 0 Å². The van der Waals surface area contributed by atoms with Crippen LogP contribution in [0.15, 0.2) is 28.7 Å². The van der Waals surface area contributed by atoms with E-state index in [1.165, 1.54) is 48.7 Å². The second-order valence-corrected chi connectivity index (χ2v) is 6.67. The third kappa shape index (κ3) is 4.61. The van der Waals surface area contributed by atoms with E-state index in [2.05, 4.69) is 59.4 Å². The van der Waals surface area contributed by atoms with Gasteiger partial charge in [-0.2, -0.15) is 0 Å². The highest BCUT2D eigenvalue weighted by Gasteiger charge is 2.25. The van der Waals surface area contributed by atoms with Crippen molar-refractivity contribution in [3.8, 4) is 0 Å². The Kier molecular flexibility index (Phi) is 5.90. The predicted molar refractivity (Wildman–Crippen MR) is 86.4 cm³/mol. The van der Waals surface area contributed by atoms with E-state index in [4.69, 9.17) is 0 Å². The molecule has 2 heteroatoms. The second kappa shape index (κ2) is 7.44. The number of nitrogens with one attached hydrogen (secondary N) is 1. The third-order valence-corrected chi connectivity index (χ3v) is 5.18. The van der Waals surface area contributed by atoms with Gasteiger partial charge in [0.25, 0.3) is 0 Å². The van der Waals surface area contributed by atoms with Crippen molar-refractivity contribution in [3.05, 3.63) is 34.3 Å². The monoisotopic (exact) mass is 323 g/mol. The van der Waals surface area contributed by atoms with Gasteiger partial charge in [-0.1, -0.05) is 60.8 Å². The summed E-state index contributed by atoms with van der Waals surface area (Å²) in [6.45, 7) is 5.84. The minimum atomic E-state index is 0.759. The number of hydrogen-bond donors (Lipinski definition) is 1. The van der Waals surface area contributed by atoms with Crippen LogP contribution in [0.3, 0.4) is 0 Å². The Labute approximate surface area is 126 Å². The maximum absolute atomic E-state index is 3.73. The highest BCUT2D eigenvalue weighted by Crippen LogP contribution is 2.28. The van der Waals surface area contributed by atoms with Crippen LogP contribution in [0.4, 0.5) is 0 Å². The van der Waals surface area contributed by atoms with Crippen LogP contribution in [-0.4, -0.2) is 12.6 Å². The molecule has 0 spiro atoms. The highest BCUT2D eigenvalue weighted by atomic mass is 79.9. The van der Waals surface area contributed by atoms with Crippen LogP contribution in [0.1, 0.15) is 45.1 Å². The number of halogens is 1. The van der Waals surface area contributed by atoms with E-state index in [9.17, 15) is 0 Å². The molecular weight excluding hydrogens is 298 g/mol. The summed E-state index contributed by atoms with van der Waals surface area (Å²) in [5.41, 5.74) is 1.46. The van der Waals surface area contributed by atoms with Crippen molar-refractivity contribution < 1.29 is 0 Å². The molecule has 0 radical (unpaired) electrons. The molecule has 1 aliphatic rings. The van der Waals surface area contributed by atoms with Gasteiger partial charge in [-0.15, -0.1) is 0 Å². The third-order valence-electron chi connectivity index (χ3n) is 4.40. The Balaban J connectivity index is 2.00. The minimum absolute atomic E-state index is 0.759. The molecule has 1 aromatic carbocycles. The van der Waals surface area contributed by atoms with Gasteiger partial charge in [0.2, 0.25) is 0 Å². The van der Waals surface area contributed by atoms with Gasteiger partial charge >= 0.3 is 0 Å². The molecular formula is C17H26BrN. The van der Waals surface area contributed by atoms with Crippen LogP contribution in [0.2, 0.25) is 0 Å². The molecule has 106 valence electrons. The molecule has 0 heterocycles. The predicted octanol–water partition coefficient (Wildman–Crippen LogP) is 4.80. The highest BCUT2D eigenvalue weighted by molar-refractivity contribution is 9.10. The first kappa shape index (κ1) is 15.1. The van der Waals surface area contributed by atoms with Crippen molar-refractivity contribution in [2.45, 2.75) is 52.0 Å². The summed E-state index contributed by atoms with van der Waals surface area (Å²) in [6, 6.07) is 9.49. The molecule has 1 unspecified atom stereocenters. The maximum Gasteiger partial charge on any atom is 0.0207 e. The molecule has 1 nitrogen and oxygen atoms in total. The largest absolute Gasteiger partial charge is 0.314 e. The van der Waals surface area contributed by atoms with Crippen molar-refractivity contribution in [3.63, 3.8) is 0 Å². The fourth-order valence-electron chi connectivity index (χ4n) is 2.91. The fraction of sp³-hybridized carbons (Fsp3) is 0.647. The maximum atomic E-state index is 3.73. The van der Waals surface area contributed by atoms with Crippen molar-refractivity contribution in [2.75, 3.05) is 6.54 Å².